The van der Waals surface area contributed by atoms with E-state index >= 15 is 0 Å². The number of amides is 1. The molecule has 150 valence electrons. The Hall–Kier alpha value is -3.15. The van der Waals surface area contributed by atoms with Crippen LogP contribution in [0.1, 0.15) is 34.0 Å². The minimum absolute atomic E-state index is 0.258. The Kier molecular flexibility index (Phi) is 5.09. The maximum absolute atomic E-state index is 13.3. The van der Waals surface area contributed by atoms with Crippen molar-refractivity contribution in [1.82, 2.24) is 5.32 Å². The summed E-state index contributed by atoms with van der Waals surface area (Å²) < 4.78 is 11.2. The minimum atomic E-state index is -1.11. The van der Waals surface area contributed by atoms with E-state index in [1.165, 1.54) is 0 Å². The van der Waals surface area contributed by atoms with Crippen molar-refractivity contribution in [3.05, 3.63) is 64.7 Å². The maximum Gasteiger partial charge on any atom is 0.332 e. The lowest BCUT2D eigenvalue weighted by Gasteiger charge is -2.28. The second kappa shape index (κ2) is 7.70. The molecule has 0 fully saturated rings. The fourth-order valence-electron chi connectivity index (χ4n) is 3.78. The van der Waals surface area contributed by atoms with Gasteiger partial charge in [-0.3, -0.25) is 9.79 Å². The Morgan fingerprint density at radius 3 is 2.41 bits per heavy atom. The molecule has 0 atom stereocenters. The minimum Gasteiger partial charge on any atom is -0.486 e. The van der Waals surface area contributed by atoms with Crippen molar-refractivity contribution in [2.45, 2.75) is 32.2 Å². The zero-order valence-corrected chi connectivity index (χ0v) is 16.7. The van der Waals surface area contributed by atoms with Crippen molar-refractivity contribution < 1.29 is 19.1 Å². The van der Waals surface area contributed by atoms with E-state index in [0.29, 0.717) is 30.8 Å². The molecule has 0 saturated carbocycles. The van der Waals surface area contributed by atoms with Gasteiger partial charge in [-0.15, -0.1) is 0 Å². The third-order valence-electron chi connectivity index (χ3n) is 5.34. The van der Waals surface area contributed by atoms with E-state index in [-0.39, 0.29) is 12.5 Å². The van der Waals surface area contributed by atoms with E-state index in [1.54, 1.807) is 13.0 Å². The molecule has 0 aromatic heterocycles. The number of para-hydroxylation sites is 1. The zero-order chi connectivity index (χ0) is 20.4. The Bertz CT molecular complexity index is 971. The lowest BCUT2D eigenvalue weighted by atomic mass is 9.94. The fraction of sp³-hybridized carbons (Fsp3) is 0.348. The summed E-state index contributed by atoms with van der Waals surface area (Å²) in [5.74, 6) is -0.233. The van der Waals surface area contributed by atoms with Crippen LogP contribution >= 0.6 is 0 Å². The molecule has 2 aromatic rings. The Balaban J connectivity index is 1.62. The number of aryl methyl sites for hydroxylation is 1. The van der Waals surface area contributed by atoms with E-state index in [4.69, 9.17) is 9.47 Å². The number of carbonyl (C=O) groups is 2. The van der Waals surface area contributed by atoms with Crippen LogP contribution in [0.25, 0.3) is 0 Å². The Labute approximate surface area is 169 Å². The average molecular weight is 392 g/mol. The summed E-state index contributed by atoms with van der Waals surface area (Å²) >= 11 is 0. The van der Waals surface area contributed by atoms with Crippen molar-refractivity contribution in [2.75, 3.05) is 19.8 Å². The van der Waals surface area contributed by atoms with Gasteiger partial charge in [0, 0.05) is 12.8 Å². The number of benzene rings is 2. The number of carbonyl (C=O) groups excluding carboxylic acids is 2. The first-order valence-corrected chi connectivity index (χ1v) is 9.83. The molecule has 0 bridgehead atoms. The molecule has 1 N–H and O–H groups in total. The largest absolute Gasteiger partial charge is 0.486 e. The van der Waals surface area contributed by atoms with Crippen molar-refractivity contribution in [3.63, 3.8) is 0 Å². The number of ether oxygens (including phenoxy) is 2. The van der Waals surface area contributed by atoms with Gasteiger partial charge in [0.25, 0.3) is 5.91 Å². The van der Waals surface area contributed by atoms with Gasteiger partial charge in [0.2, 0.25) is 0 Å². The van der Waals surface area contributed by atoms with E-state index in [9.17, 15) is 9.59 Å². The fourth-order valence-corrected chi connectivity index (χ4v) is 3.78. The van der Waals surface area contributed by atoms with Crippen LogP contribution in [0, 0.1) is 6.92 Å². The highest BCUT2D eigenvalue weighted by Crippen LogP contribution is 2.32. The summed E-state index contributed by atoms with van der Waals surface area (Å²) in [6.45, 7) is 5.01. The van der Waals surface area contributed by atoms with E-state index in [0.717, 1.165) is 28.9 Å². The highest BCUT2D eigenvalue weighted by molar-refractivity contribution is 6.01. The Morgan fingerprint density at radius 2 is 1.79 bits per heavy atom. The van der Waals surface area contributed by atoms with Gasteiger partial charge in [-0.05, 0) is 36.6 Å². The lowest BCUT2D eigenvalue weighted by molar-refractivity contribution is -0.150. The first-order valence-electron chi connectivity index (χ1n) is 9.83. The summed E-state index contributed by atoms with van der Waals surface area (Å²) in [7, 11) is 0. The predicted octanol–water partition coefficient (Wildman–Crippen LogP) is 2.66. The van der Waals surface area contributed by atoms with Crippen LogP contribution < -0.4 is 10.1 Å². The number of fused-ring (bicyclic) bond motifs is 1. The molecule has 6 nitrogen and oxygen atoms in total. The second-order valence-electron chi connectivity index (χ2n) is 7.50. The molecule has 2 aromatic carbocycles. The highest BCUT2D eigenvalue weighted by Gasteiger charge is 2.46. The van der Waals surface area contributed by atoms with Crippen LogP contribution in [0.2, 0.25) is 0 Å². The van der Waals surface area contributed by atoms with E-state index < -0.39 is 11.5 Å². The molecular weight excluding hydrogens is 368 g/mol. The molecule has 1 amide bonds. The molecular formula is C23H24N2O4. The van der Waals surface area contributed by atoms with Crippen LogP contribution in [0.5, 0.6) is 5.75 Å². The molecule has 2 aliphatic rings. The quantitative estimate of drug-likeness (QED) is 0.735. The number of nitrogens with one attached hydrogen (secondary N) is 1. The van der Waals surface area contributed by atoms with Crippen LogP contribution in [0.15, 0.2) is 47.5 Å². The van der Waals surface area contributed by atoms with Gasteiger partial charge >= 0.3 is 5.97 Å². The van der Waals surface area contributed by atoms with Gasteiger partial charge in [0.15, 0.2) is 0 Å². The number of rotatable bonds is 7. The molecule has 0 spiro atoms. The maximum atomic E-state index is 13.3. The van der Waals surface area contributed by atoms with Crippen LogP contribution in [-0.2, 0) is 22.4 Å². The number of hydrogen-bond acceptors (Lipinski definition) is 5. The van der Waals surface area contributed by atoms with Crippen molar-refractivity contribution in [1.29, 1.82) is 0 Å². The number of aliphatic imine (C=N–C) groups is 1. The molecule has 0 saturated heterocycles. The number of nitrogens with zero attached hydrogens (tertiary/aromatic N) is 1. The molecule has 1 heterocycles. The first kappa shape index (κ1) is 19.2. The van der Waals surface area contributed by atoms with Crippen molar-refractivity contribution in [3.8, 4) is 5.75 Å². The third kappa shape index (κ3) is 3.88. The van der Waals surface area contributed by atoms with Crippen LogP contribution in [0.4, 0.5) is 0 Å². The van der Waals surface area contributed by atoms with Gasteiger partial charge in [-0.2, -0.15) is 0 Å². The summed E-state index contributed by atoms with van der Waals surface area (Å²) in [4.78, 5) is 30.3. The predicted molar refractivity (Wildman–Crippen MR) is 110 cm³/mol. The van der Waals surface area contributed by atoms with Gasteiger partial charge in [0.05, 0.1) is 24.4 Å². The van der Waals surface area contributed by atoms with Gasteiger partial charge in [0.1, 0.15) is 17.9 Å². The van der Waals surface area contributed by atoms with E-state index in [2.05, 4.69) is 10.3 Å². The summed E-state index contributed by atoms with van der Waals surface area (Å²) in [5, 5.41) is 2.99. The summed E-state index contributed by atoms with van der Waals surface area (Å²) in [6.07, 6.45) is 0.819. The molecule has 4 rings (SSSR count). The number of hydrogen-bond donors (Lipinski definition) is 1. The zero-order valence-electron chi connectivity index (χ0n) is 16.7. The van der Waals surface area contributed by atoms with Gasteiger partial charge < -0.3 is 14.8 Å². The second-order valence-corrected chi connectivity index (χ2v) is 7.50. The first-order chi connectivity index (χ1) is 14.0. The Morgan fingerprint density at radius 1 is 1.10 bits per heavy atom. The monoisotopic (exact) mass is 392 g/mol. The summed E-state index contributed by atoms with van der Waals surface area (Å²) in [5.41, 5.74) is 3.23. The molecule has 0 unspecified atom stereocenters. The molecule has 6 heteroatoms. The van der Waals surface area contributed by atoms with E-state index in [1.807, 2.05) is 43.3 Å². The van der Waals surface area contributed by atoms with Crippen LogP contribution in [-0.4, -0.2) is 42.9 Å². The van der Waals surface area contributed by atoms with Gasteiger partial charge in [-0.1, -0.05) is 36.4 Å². The van der Waals surface area contributed by atoms with Gasteiger partial charge in [-0.25, -0.2) is 4.79 Å². The summed E-state index contributed by atoms with van der Waals surface area (Å²) in [6, 6.07) is 13.3. The highest BCUT2D eigenvalue weighted by atomic mass is 16.5. The molecule has 0 radical (unpaired) electrons. The smallest absolute Gasteiger partial charge is 0.332 e. The lowest BCUT2D eigenvalue weighted by Crippen LogP contribution is -2.56. The molecule has 1 aliphatic carbocycles. The van der Waals surface area contributed by atoms with Crippen molar-refractivity contribution in [2.24, 2.45) is 4.99 Å². The van der Waals surface area contributed by atoms with Crippen molar-refractivity contribution >= 4 is 17.6 Å². The number of esters is 1. The normalized spacial score (nSPS) is 15.9. The third-order valence-corrected chi connectivity index (χ3v) is 5.34. The average Bonchev–Trinajstić information content (AvgIpc) is 3.45. The topological polar surface area (TPSA) is 77.0 Å². The SMILES string of the molecule is CCOC(=O)C1(NC(=O)c2cccc(C)c2OCC2=NC2)Cc2ccccc2C1. The molecule has 1 aliphatic heterocycles. The standard InChI is InChI=1S/C23H24N2O4/c1-3-28-22(27)23(11-16-8-4-5-9-17(16)12-23)25-21(26)19-10-6-7-15(2)20(19)29-14-18-13-24-18/h4-10H,3,11-14H2,1-2H3,(H,25,26). The molecule has 29 heavy (non-hydrogen) atoms. The van der Waals surface area contributed by atoms with Crippen LogP contribution in [0.3, 0.4) is 0 Å².